The maximum Gasteiger partial charge on any atom is 0.265 e. The number of nitrogens with one attached hydrogen (secondary N) is 2. The monoisotopic (exact) mass is 368 g/mol. The number of carbonyl (C=O) groups is 1. The van der Waals surface area contributed by atoms with Gasteiger partial charge in [-0.2, -0.15) is 0 Å². The summed E-state index contributed by atoms with van der Waals surface area (Å²) in [6.07, 6.45) is 3.73. The number of amides is 1. The molecule has 0 bridgehead atoms. The van der Waals surface area contributed by atoms with Crippen molar-refractivity contribution in [2.75, 3.05) is 18.5 Å². The van der Waals surface area contributed by atoms with Crippen LogP contribution in [0.4, 0.5) is 5.69 Å². The number of carbonyl (C=O) groups excluding carboxylic acids is 1. The van der Waals surface area contributed by atoms with Crippen LogP contribution in [0.5, 0.6) is 5.75 Å². The van der Waals surface area contributed by atoms with Gasteiger partial charge in [-0.25, -0.2) is 13.1 Å². The first kappa shape index (κ1) is 18.2. The molecule has 8 heteroatoms. The molecule has 1 aromatic carbocycles. The van der Waals surface area contributed by atoms with Crippen LogP contribution >= 0.6 is 0 Å². The van der Waals surface area contributed by atoms with Gasteiger partial charge >= 0.3 is 0 Å². The molecule has 1 aromatic rings. The van der Waals surface area contributed by atoms with E-state index in [1.807, 2.05) is 0 Å². The molecule has 0 radical (unpaired) electrons. The number of unbranched alkanes of at least 4 members (excludes halogenated alkanes) is 1. The number of ether oxygens (including phenoxy) is 2. The Kier molecular flexibility index (Phi) is 5.61. The smallest absolute Gasteiger partial charge is 0.265 e. The summed E-state index contributed by atoms with van der Waals surface area (Å²) < 4.78 is 38.6. The van der Waals surface area contributed by atoms with E-state index < -0.39 is 16.1 Å². The fourth-order valence-electron chi connectivity index (χ4n) is 2.97. The Hall–Kier alpha value is -1.64. The van der Waals surface area contributed by atoms with Crippen LogP contribution in [0.2, 0.25) is 0 Å². The predicted molar refractivity (Wildman–Crippen MR) is 93.2 cm³/mol. The molecular weight excluding hydrogens is 344 g/mol. The second-order valence-electron chi connectivity index (χ2n) is 6.38. The van der Waals surface area contributed by atoms with E-state index in [0.29, 0.717) is 24.5 Å². The number of hydrogen-bond donors (Lipinski definition) is 2. The predicted octanol–water partition coefficient (Wildman–Crippen LogP) is 2.03. The fourth-order valence-corrected chi connectivity index (χ4v) is 4.06. The summed E-state index contributed by atoms with van der Waals surface area (Å²) in [7, 11) is -3.66. The lowest BCUT2D eigenvalue weighted by Crippen LogP contribution is -2.37. The number of fused-ring (bicyclic) bond motifs is 1. The largest absolute Gasteiger partial charge is 0.478 e. The van der Waals surface area contributed by atoms with E-state index in [9.17, 15) is 13.2 Å². The molecule has 2 N–H and O–H groups in total. The Morgan fingerprint density at radius 2 is 2.20 bits per heavy atom. The van der Waals surface area contributed by atoms with Crippen molar-refractivity contribution in [1.29, 1.82) is 0 Å². The van der Waals surface area contributed by atoms with E-state index in [1.54, 1.807) is 6.07 Å². The van der Waals surface area contributed by atoms with Gasteiger partial charge in [-0.15, -0.1) is 0 Å². The highest BCUT2D eigenvalue weighted by Crippen LogP contribution is 2.33. The summed E-state index contributed by atoms with van der Waals surface area (Å²) in [4.78, 5) is 12.2. The molecule has 2 aliphatic heterocycles. The summed E-state index contributed by atoms with van der Waals surface area (Å²) in [5.41, 5.74) is 0.387. The molecule has 2 aliphatic rings. The molecule has 0 unspecified atom stereocenters. The van der Waals surface area contributed by atoms with E-state index in [4.69, 9.17) is 9.47 Å². The number of anilines is 1. The van der Waals surface area contributed by atoms with Crippen molar-refractivity contribution in [3.63, 3.8) is 0 Å². The fraction of sp³-hybridized carbons (Fsp3) is 0.588. The topological polar surface area (TPSA) is 93.7 Å². The molecule has 0 aromatic heterocycles. The van der Waals surface area contributed by atoms with Gasteiger partial charge in [0.15, 0.2) is 6.10 Å². The minimum Gasteiger partial charge on any atom is -0.478 e. The minimum absolute atomic E-state index is 0.0743. The average Bonchev–Trinajstić information content (AvgIpc) is 3.11. The summed E-state index contributed by atoms with van der Waals surface area (Å²) in [6, 6.07) is 4.51. The Balaban J connectivity index is 1.70. The van der Waals surface area contributed by atoms with Crippen molar-refractivity contribution in [1.82, 2.24) is 4.72 Å². The highest BCUT2D eigenvalue weighted by molar-refractivity contribution is 7.89. The highest BCUT2D eigenvalue weighted by atomic mass is 32.2. The number of rotatable bonds is 7. The Labute approximate surface area is 148 Å². The van der Waals surface area contributed by atoms with Crippen LogP contribution in [0.3, 0.4) is 0 Å². The maximum absolute atomic E-state index is 12.4. The highest BCUT2D eigenvalue weighted by Gasteiger charge is 2.28. The standard InChI is InChI=1S/C17H24N2O5S/c1-2-3-6-16-17(20)19-14-10-13(7-8-15(14)24-16)25(21,22)18-11-12-5-4-9-23-12/h7-8,10,12,16,18H,2-6,9,11H2,1H3,(H,19,20)/t12-,16-/m1/s1. The van der Waals surface area contributed by atoms with E-state index in [2.05, 4.69) is 17.0 Å². The SMILES string of the molecule is CCCC[C@H]1Oc2ccc(S(=O)(=O)NC[C@H]3CCCO3)cc2NC1=O. The summed E-state index contributed by atoms with van der Waals surface area (Å²) in [6.45, 7) is 2.98. The first-order valence-electron chi connectivity index (χ1n) is 8.72. The number of benzene rings is 1. The molecule has 138 valence electrons. The van der Waals surface area contributed by atoms with Gasteiger partial charge in [0.1, 0.15) is 5.75 Å². The molecule has 1 fully saturated rings. The van der Waals surface area contributed by atoms with Crippen LogP contribution in [-0.2, 0) is 19.6 Å². The first-order chi connectivity index (χ1) is 12.0. The Morgan fingerprint density at radius 1 is 1.36 bits per heavy atom. The zero-order valence-corrected chi connectivity index (χ0v) is 15.1. The van der Waals surface area contributed by atoms with Crippen molar-refractivity contribution in [3.05, 3.63) is 18.2 Å². The van der Waals surface area contributed by atoms with Gasteiger partial charge in [0.2, 0.25) is 10.0 Å². The lowest BCUT2D eigenvalue weighted by atomic mass is 10.1. The van der Waals surface area contributed by atoms with Crippen molar-refractivity contribution < 1.29 is 22.7 Å². The van der Waals surface area contributed by atoms with Gasteiger partial charge in [-0.3, -0.25) is 4.79 Å². The van der Waals surface area contributed by atoms with Crippen molar-refractivity contribution in [2.45, 2.75) is 56.1 Å². The zero-order valence-electron chi connectivity index (χ0n) is 14.3. The molecule has 2 atom stereocenters. The molecule has 0 aliphatic carbocycles. The normalized spacial score (nSPS) is 23.0. The van der Waals surface area contributed by atoms with Gasteiger partial charge in [0.05, 0.1) is 16.7 Å². The molecule has 0 saturated carbocycles. The van der Waals surface area contributed by atoms with E-state index >= 15 is 0 Å². The van der Waals surface area contributed by atoms with E-state index in [-0.39, 0.29) is 23.5 Å². The molecular formula is C17H24N2O5S. The summed E-state index contributed by atoms with van der Waals surface area (Å²) >= 11 is 0. The van der Waals surface area contributed by atoms with Gasteiger partial charge in [0.25, 0.3) is 5.91 Å². The molecule has 0 spiro atoms. The lowest BCUT2D eigenvalue weighted by Gasteiger charge is -2.26. The number of sulfonamides is 1. The lowest BCUT2D eigenvalue weighted by molar-refractivity contribution is -0.123. The Bertz CT molecular complexity index is 729. The number of hydrogen-bond acceptors (Lipinski definition) is 5. The third kappa shape index (κ3) is 4.31. The van der Waals surface area contributed by atoms with Gasteiger partial charge < -0.3 is 14.8 Å². The third-order valence-corrected chi connectivity index (χ3v) is 5.85. The quantitative estimate of drug-likeness (QED) is 0.768. The third-order valence-electron chi connectivity index (χ3n) is 4.43. The molecule has 1 amide bonds. The second kappa shape index (κ2) is 7.72. The van der Waals surface area contributed by atoms with Crippen LogP contribution in [0, 0.1) is 0 Å². The average molecular weight is 368 g/mol. The second-order valence-corrected chi connectivity index (χ2v) is 8.15. The minimum atomic E-state index is -3.66. The van der Waals surface area contributed by atoms with Crippen molar-refractivity contribution in [2.24, 2.45) is 0 Å². The van der Waals surface area contributed by atoms with Crippen molar-refractivity contribution >= 4 is 21.6 Å². The van der Waals surface area contributed by atoms with Gasteiger partial charge in [-0.1, -0.05) is 13.3 Å². The van der Waals surface area contributed by atoms with E-state index in [0.717, 1.165) is 25.7 Å². The van der Waals surface area contributed by atoms with E-state index in [1.165, 1.54) is 12.1 Å². The van der Waals surface area contributed by atoms with Gasteiger partial charge in [0, 0.05) is 13.2 Å². The summed E-state index contributed by atoms with van der Waals surface area (Å²) in [5.74, 6) is 0.265. The van der Waals surface area contributed by atoms with Crippen LogP contribution in [0.15, 0.2) is 23.1 Å². The maximum atomic E-state index is 12.4. The Morgan fingerprint density at radius 3 is 2.92 bits per heavy atom. The molecule has 2 heterocycles. The van der Waals surface area contributed by atoms with Gasteiger partial charge in [-0.05, 0) is 43.9 Å². The van der Waals surface area contributed by atoms with Crippen LogP contribution in [0.25, 0.3) is 0 Å². The van der Waals surface area contributed by atoms with Crippen LogP contribution in [-0.4, -0.2) is 39.7 Å². The van der Waals surface area contributed by atoms with Crippen molar-refractivity contribution in [3.8, 4) is 5.75 Å². The molecule has 1 saturated heterocycles. The molecule has 3 rings (SSSR count). The van der Waals surface area contributed by atoms with Crippen LogP contribution in [0.1, 0.15) is 39.0 Å². The molecule has 7 nitrogen and oxygen atoms in total. The zero-order chi connectivity index (χ0) is 17.9. The molecule has 25 heavy (non-hydrogen) atoms. The summed E-state index contributed by atoms with van der Waals surface area (Å²) in [5, 5.41) is 2.75. The first-order valence-corrected chi connectivity index (χ1v) is 10.2. The van der Waals surface area contributed by atoms with Crippen LogP contribution < -0.4 is 14.8 Å².